The zero-order valence-electron chi connectivity index (χ0n) is 14.5. The van der Waals surface area contributed by atoms with Gasteiger partial charge in [-0.15, -0.1) is 11.3 Å². The molecule has 1 aliphatic heterocycles. The number of rotatable bonds is 4. The monoisotopic (exact) mass is 383 g/mol. The van der Waals surface area contributed by atoms with Gasteiger partial charge in [0.1, 0.15) is 5.82 Å². The number of amides is 1. The van der Waals surface area contributed by atoms with Crippen LogP contribution in [0.2, 0.25) is 0 Å². The molecule has 1 unspecified atom stereocenters. The van der Waals surface area contributed by atoms with Crippen LogP contribution < -0.4 is 5.73 Å². The molecule has 0 bridgehead atoms. The van der Waals surface area contributed by atoms with Crippen LogP contribution in [0.25, 0.3) is 10.6 Å². The molecule has 0 aliphatic carbocycles. The molecule has 8 heteroatoms. The quantitative estimate of drug-likeness (QED) is 0.749. The molecule has 1 saturated heterocycles. The third-order valence-electron chi connectivity index (χ3n) is 4.65. The Morgan fingerprint density at radius 2 is 2.11 bits per heavy atom. The van der Waals surface area contributed by atoms with Gasteiger partial charge < -0.3 is 10.6 Å². The van der Waals surface area contributed by atoms with Crippen molar-refractivity contribution in [2.75, 3.05) is 18.8 Å². The highest BCUT2D eigenvalue weighted by Crippen LogP contribution is 2.27. The molecule has 4 heterocycles. The van der Waals surface area contributed by atoms with Gasteiger partial charge in [0.05, 0.1) is 40.8 Å². The van der Waals surface area contributed by atoms with Crippen molar-refractivity contribution in [2.24, 2.45) is 0 Å². The third kappa shape index (κ3) is 3.80. The van der Waals surface area contributed by atoms with Gasteiger partial charge in [0.2, 0.25) is 5.91 Å². The first kappa shape index (κ1) is 17.5. The first-order valence-electron chi connectivity index (χ1n) is 8.64. The lowest BCUT2D eigenvalue weighted by Gasteiger charge is -2.17. The topological polar surface area (TPSA) is 85.0 Å². The number of aromatic nitrogens is 3. The summed E-state index contributed by atoms with van der Waals surface area (Å²) in [5.41, 5.74) is 7.96. The molecule has 3 aromatic rings. The summed E-state index contributed by atoms with van der Waals surface area (Å²) in [5, 5.41) is 1.99. The largest absolute Gasteiger partial charge is 0.397 e. The van der Waals surface area contributed by atoms with E-state index in [2.05, 4.69) is 15.0 Å². The van der Waals surface area contributed by atoms with Gasteiger partial charge in [-0.2, -0.15) is 0 Å². The number of carbonyl (C=O) groups is 1. The van der Waals surface area contributed by atoms with Crippen molar-refractivity contribution in [3.8, 4) is 10.6 Å². The molecule has 1 atom stereocenters. The maximum absolute atomic E-state index is 13.0. The summed E-state index contributed by atoms with van der Waals surface area (Å²) < 4.78 is 13.0. The zero-order chi connectivity index (χ0) is 18.8. The number of thiophene rings is 1. The van der Waals surface area contributed by atoms with Crippen LogP contribution in [-0.4, -0.2) is 38.8 Å². The Balaban J connectivity index is 1.45. The molecular formula is C19H18FN5OS. The van der Waals surface area contributed by atoms with Crippen LogP contribution in [-0.2, 0) is 11.2 Å². The minimum Gasteiger partial charge on any atom is -0.397 e. The molecule has 27 heavy (non-hydrogen) atoms. The molecule has 0 aromatic carbocycles. The first-order chi connectivity index (χ1) is 13.1. The average molecular weight is 383 g/mol. The van der Waals surface area contributed by atoms with E-state index in [4.69, 9.17) is 5.73 Å². The number of hydrogen-bond acceptors (Lipinski definition) is 6. The highest BCUT2D eigenvalue weighted by Gasteiger charge is 2.29. The Labute approximate surface area is 159 Å². The fourth-order valence-corrected chi connectivity index (χ4v) is 3.90. The lowest BCUT2D eigenvalue weighted by atomic mass is 10.1. The number of halogens is 1. The highest BCUT2D eigenvalue weighted by molar-refractivity contribution is 7.13. The van der Waals surface area contributed by atoms with E-state index < -0.39 is 5.82 Å². The molecule has 0 spiro atoms. The number of anilines is 1. The van der Waals surface area contributed by atoms with Gasteiger partial charge >= 0.3 is 0 Å². The van der Waals surface area contributed by atoms with E-state index in [9.17, 15) is 9.18 Å². The number of nitrogens with zero attached hydrogens (tertiary/aromatic N) is 4. The van der Waals surface area contributed by atoms with Crippen molar-refractivity contribution >= 4 is 22.9 Å². The van der Waals surface area contributed by atoms with Crippen LogP contribution in [0, 0.1) is 5.82 Å². The lowest BCUT2D eigenvalue weighted by molar-refractivity contribution is -0.129. The summed E-state index contributed by atoms with van der Waals surface area (Å²) in [4.78, 5) is 28.2. The van der Waals surface area contributed by atoms with E-state index in [1.54, 1.807) is 22.3 Å². The number of pyridine rings is 1. The van der Waals surface area contributed by atoms with Crippen molar-refractivity contribution < 1.29 is 9.18 Å². The molecule has 2 N–H and O–H groups in total. The molecule has 138 valence electrons. The Hall–Kier alpha value is -2.87. The van der Waals surface area contributed by atoms with Gasteiger partial charge in [0.25, 0.3) is 0 Å². The minimum absolute atomic E-state index is 0.0253. The van der Waals surface area contributed by atoms with Gasteiger partial charge in [0.15, 0.2) is 5.82 Å². The molecule has 6 nitrogen and oxygen atoms in total. The van der Waals surface area contributed by atoms with Crippen molar-refractivity contribution in [3.05, 3.63) is 59.4 Å². The summed E-state index contributed by atoms with van der Waals surface area (Å²) in [7, 11) is 0. The Bertz CT molecular complexity index is 945. The van der Waals surface area contributed by atoms with E-state index in [1.807, 2.05) is 23.6 Å². The van der Waals surface area contributed by atoms with Crippen LogP contribution in [0.5, 0.6) is 0 Å². The molecule has 3 aromatic heterocycles. The fraction of sp³-hybridized carbons (Fsp3) is 0.263. The summed E-state index contributed by atoms with van der Waals surface area (Å²) in [6.45, 7) is 1.14. The normalized spacial score (nSPS) is 16.6. The Morgan fingerprint density at radius 3 is 2.85 bits per heavy atom. The van der Waals surface area contributed by atoms with Crippen LogP contribution in [0.3, 0.4) is 0 Å². The van der Waals surface area contributed by atoms with Crippen molar-refractivity contribution in [2.45, 2.75) is 18.8 Å². The molecular weight excluding hydrogens is 365 g/mol. The number of nitrogen functional groups attached to an aromatic ring is 1. The third-order valence-corrected chi connectivity index (χ3v) is 5.54. The standard InChI is InChI=1S/C19H18FN5OS/c20-13-9-22-19(23-10-13)12-5-6-25(11-12)18(26)8-16-14(21)3-4-15(24-16)17-2-1-7-27-17/h1-4,7,9-10,12H,5-6,8,11,21H2. The number of likely N-dealkylation sites (tertiary alicyclic amines) is 1. The Kier molecular flexibility index (Phi) is 4.81. The summed E-state index contributed by atoms with van der Waals surface area (Å²) in [6, 6.07) is 7.62. The summed E-state index contributed by atoms with van der Waals surface area (Å²) in [5.74, 6) is 0.111. The van der Waals surface area contributed by atoms with E-state index in [0.717, 1.165) is 29.4 Å². The van der Waals surface area contributed by atoms with Crippen LogP contribution in [0.1, 0.15) is 23.9 Å². The first-order valence-corrected chi connectivity index (χ1v) is 9.52. The maximum atomic E-state index is 13.0. The molecule has 0 radical (unpaired) electrons. The molecule has 1 fully saturated rings. The molecule has 1 amide bonds. The zero-order valence-corrected chi connectivity index (χ0v) is 15.3. The fourth-order valence-electron chi connectivity index (χ4n) is 3.20. The average Bonchev–Trinajstić information content (AvgIpc) is 3.36. The van der Waals surface area contributed by atoms with E-state index in [-0.39, 0.29) is 18.2 Å². The second kappa shape index (κ2) is 7.40. The predicted molar refractivity (Wildman–Crippen MR) is 102 cm³/mol. The summed E-state index contributed by atoms with van der Waals surface area (Å²) >= 11 is 1.59. The van der Waals surface area contributed by atoms with Crippen LogP contribution in [0.15, 0.2) is 42.0 Å². The van der Waals surface area contributed by atoms with Gasteiger partial charge in [-0.3, -0.25) is 4.79 Å². The number of hydrogen-bond donors (Lipinski definition) is 1. The van der Waals surface area contributed by atoms with Crippen molar-refractivity contribution in [1.29, 1.82) is 0 Å². The van der Waals surface area contributed by atoms with E-state index in [0.29, 0.717) is 30.3 Å². The van der Waals surface area contributed by atoms with Crippen LogP contribution in [0.4, 0.5) is 10.1 Å². The van der Waals surface area contributed by atoms with E-state index in [1.165, 1.54) is 0 Å². The SMILES string of the molecule is Nc1ccc(-c2cccs2)nc1CC(=O)N1CCC(c2ncc(F)cn2)C1. The van der Waals surface area contributed by atoms with Gasteiger partial charge in [-0.25, -0.2) is 19.3 Å². The second-order valence-electron chi connectivity index (χ2n) is 6.47. The lowest BCUT2D eigenvalue weighted by Crippen LogP contribution is -2.30. The minimum atomic E-state index is -0.461. The van der Waals surface area contributed by atoms with E-state index >= 15 is 0 Å². The van der Waals surface area contributed by atoms with Crippen molar-refractivity contribution in [1.82, 2.24) is 19.9 Å². The number of carbonyl (C=O) groups excluding carboxylic acids is 1. The number of nitrogens with two attached hydrogens (primary N) is 1. The van der Waals surface area contributed by atoms with Crippen molar-refractivity contribution in [3.63, 3.8) is 0 Å². The van der Waals surface area contributed by atoms with Gasteiger partial charge in [-0.1, -0.05) is 6.07 Å². The highest BCUT2D eigenvalue weighted by atomic mass is 32.1. The molecule has 0 saturated carbocycles. The van der Waals surface area contributed by atoms with Gasteiger partial charge in [0, 0.05) is 19.0 Å². The van der Waals surface area contributed by atoms with Gasteiger partial charge in [-0.05, 0) is 30.0 Å². The smallest absolute Gasteiger partial charge is 0.228 e. The Morgan fingerprint density at radius 1 is 1.30 bits per heavy atom. The predicted octanol–water partition coefficient (Wildman–Crippen LogP) is 2.88. The molecule has 1 aliphatic rings. The maximum Gasteiger partial charge on any atom is 0.228 e. The van der Waals surface area contributed by atoms with Crippen LogP contribution >= 0.6 is 11.3 Å². The second-order valence-corrected chi connectivity index (χ2v) is 7.42. The molecule has 4 rings (SSSR count). The summed E-state index contributed by atoms with van der Waals surface area (Å²) in [6.07, 6.45) is 3.23.